The first-order valence-electron chi connectivity index (χ1n) is 14.5. The number of hydrogen-bond acceptors (Lipinski definition) is 12. The number of ether oxygens (including phenoxy) is 6. The monoisotopic (exact) mass is 692 g/mol. The zero-order valence-corrected chi connectivity index (χ0v) is 27.9. The van der Waals surface area contributed by atoms with E-state index in [4.69, 9.17) is 38.6 Å². The molecule has 47 heavy (non-hydrogen) atoms. The summed E-state index contributed by atoms with van der Waals surface area (Å²) in [6.07, 6.45) is 6.18. The maximum atomic E-state index is 12.0. The van der Waals surface area contributed by atoms with Crippen LogP contribution in [0.25, 0.3) is 0 Å². The predicted molar refractivity (Wildman–Crippen MR) is 178 cm³/mol. The van der Waals surface area contributed by atoms with E-state index in [1.54, 1.807) is 47.8 Å². The molecule has 0 aliphatic heterocycles. The first-order valence-corrected chi connectivity index (χ1v) is 17.3. The third-order valence-corrected chi connectivity index (χ3v) is 7.04. The number of carbonyl (C=O) groups excluding carboxylic acids is 2. The summed E-state index contributed by atoms with van der Waals surface area (Å²) in [6.45, 7) is 1.20. The van der Waals surface area contributed by atoms with Crippen molar-refractivity contribution in [1.29, 1.82) is 0 Å². The van der Waals surface area contributed by atoms with Gasteiger partial charge in [-0.05, 0) is 54.3 Å². The SMILES string of the molecule is CSCCOCC(COc1ccc(Cc2ccc(OCC(COCCSC)OC(=O)/C=C\C(=O)O)cc2)cc1)OC(=O)/C=C\C(=O)O. The first-order chi connectivity index (χ1) is 22.7. The molecule has 2 aromatic rings. The van der Waals surface area contributed by atoms with Crippen LogP contribution in [0.15, 0.2) is 72.8 Å². The van der Waals surface area contributed by atoms with Crippen molar-refractivity contribution in [3.05, 3.63) is 84.0 Å². The number of thioether (sulfide) groups is 2. The Bertz CT molecular complexity index is 1200. The Kier molecular flexibility index (Phi) is 19.5. The van der Waals surface area contributed by atoms with Crippen molar-refractivity contribution in [3.8, 4) is 11.5 Å². The maximum Gasteiger partial charge on any atom is 0.331 e. The zero-order valence-electron chi connectivity index (χ0n) is 26.2. The lowest BCUT2D eigenvalue weighted by atomic mass is 10.0. The van der Waals surface area contributed by atoms with E-state index in [9.17, 15) is 19.2 Å². The zero-order chi connectivity index (χ0) is 34.3. The van der Waals surface area contributed by atoms with E-state index < -0.39 is 36.1 Å². The Hall–Kier alpha value is -3.98. The Morgan fingerprint density at radius 1 is 0.617 bits per heavy atom. The van der Waals surface area contributed by atoms with Crippen LogP contribution < -0.4 is 9.47 Å². The smallest absolute Gasteiger partial charge is 0.331 e. The van der Waals surface area contributed by atoms with Gasteiger partial charge in [0.15, 0.2) is 12.2 Å². The second-order valence-electron chi connectivity index (χ2n) is 9.68. The molecule has 2 aromatic carbocycles. The van der Waals surface area contributed by atoms with Gasteiger partial charge in [-0.3, -0.25) is 0 Å². The van der Waals surface area contributed by atoms with Crippen molar-refractivity contribution < 1.29 is 57.8 Å². The number of rotatable bonds is 24. The second-order valence-corrected chi connectivity index (χ2v) is 11.7. The van der Waals surface area contributed by atoms with Crippen molar-refractivity contribution in [2.75, 3.05) is 63.7 Å². The van der Waals surface area contributed by atoms with Gasteiger partial charge in [-0.25, -0.2) is 19.2 Å². The molecule has 0 saturated carbocycles. The van der Waals surface area contributed by atoms with Crippen LogP contribution in [0.1, 0.15) is 11.1 Å². The second kappa shape index (κ2) is 23.4. The van der Waals surface area contributed by atoms with Crippen molar-refractivity contribution >= 4 is 47.4 Å². The van der Waals surface area contributed by atoms with Crippen LogP contribution in [0.5, 0.6) is 11.5 Å². The average Bonchev–Trinajstić information content (AvgIpc) is 3.05. The molecule has 0 aliphatic rings. The molecule has 0 heterocycles. The van der Waals surface area contributed by atoms with Gasteiger partial charge in [-0.15, -0.1) is 0 Å². The van der Waals surface area contributed by atoms with Gasteiger partial charge in [0.2, 0.25) is 0 Å². The highest BCUT2D eigenvalue weighted by molar-refractivity contribution is 7.98. The van der Waals surface area contributed by atoms with Gasteiger partial charge >= 0.3 is 23.9 Å². The van der Waals surface area contributed by atoms with Gasteiger partial charge in [0.1, 0.15) is 24.7 Å². The van der Waals surface area contributed by atoms with Crippen molar-refractivity contribution in [2.45, 2.75) is 18.6 Å². The topological polar surface area (TPSA) is 164 Å². The molecular formula is C33H40O12S2. The van der Waals surface area contributed by atoms with Crippen LogP contribution in [-0.2, 0) is 44.5 Å². The highest BCUT2D eigenvalue weighted by Gasteiger charge is 2.16. The van der Waals surface area contributed by atoms with E-state index in [1.807, 2.05) is 36.8 Å². The highest BCUT2D eigenvalue weighted by Crippen LogP contribution is 2.19. The summed E-state index contributed by atoms with van der Waals surface area (Å²) in [5.41, 5.74) is 2.05. The fourth-order valence-electron chi connectivity index (χ4n) is 3.65. The van der Waals surface area contributed by atoms with Crippen LogP contribution in [-0.4, -0.2) is 110 Å². The first kappa shape index (κ1) is 39.2. The minimum absolute atomic E-state index is 0.0236. The third kappa shape index (κ3) is 18.7. The largest absolute Gasteiger partial charge is 0.490 e. The number of benzene rings is 2. The van der Waals surface area contributed by atoms with Crippen molar-refractivity contribution in [2.24, 2.45) is 0 Å². The van der Waals surface area contributed by atoms with Gasteiger partial charge in [0.25, 0.3) is 0 Å². The van der Waals surface area contributed by atoms with Crippen molar-refractivity contribution in [1.82, 2.24) is 0 Å². The molecule has 0 saturated heterocycles. The van der Waals surface area contributed by atoms with Gasteiger partial charge < -0.3 is 38.6 Å². The molecule has 0 spiro atoms. The number of carboxylic acids is 2. The molecule has 0 radical (unpaired) electrons. The van der Waals surface area contributed by atoms with Crippen LogP contribution in [0, 0.1) is 0 Å². The van der Waals surface area contributed by atoms with E-state index in [0.29, 0.717) is 43.3 Å². The number of aliphatic carboxylic acids is 2. The number of carbonyl (C=O) groups is 4. The lowest BCUT2D eigenvalue weighted by Gasteiger charge is -2.18. The summed E-state index contributed by atoms with van der Waals surface area (Å²) >= 11 is 3.24. The van der Waals surface area contributed by atoms with Crippen molar-refractivity contribution in [3.63, 3.8) is 0 Å². The summed E-state index contributed by atoms with van der Waals surface area (Å²) in [6, 6.07) is 14.9. The maximum absolute atomic E-state index is 12.0. The van der Waals surface area contributed by atoms with E-state index in [2.05, 4.69) is 0 Å². The van der Waals surface area contributed by atoms with Crippen LogP contribution in [0.3, 0.4) is 0 Å². The number of carboxylic acid groups (broad SMARTS) is 2. The molecule has 2 unspecified atom stereocenters. The van der Waals surface area contributed by atoms with E-state index >= 15 is 0 Å². The van der Waals surface area contributed by atoms with Gasteiger partial charge in [-0.2, -0.15) is 23.5 Å². The Labute approximate surface area is 282 Å². The highest BCUT2D eigenvalue weighted by atomic mass is 32.2. The molecule has 2 N–H and O–H groups in total. The summed E-state index contributed by atoms with van der Waals surface area (Å²) in [4.78, 5) is 45.3. The summed E-state index contributed by atoms with van der Waals surface area (Å²) in [5, 5.41) is 17.4. The minimum Gasteiger partial charge on any atom is -0.490 e. The molecule has 0 aliphatic carbocycles. The fourth-order valence-corrected chi connectivity index (χ4v) is 4.22. The standard InChI is InChI=1S/C33H40O12S2/c1-46-17-15-40-20-28(44-32(38)13-11-30(34)35)22-42-26-7-3-24(4-8-26)19-25-5-9-27(10-6-25)43-23-29(21-41-16-18-47-2)45-33(39)14-12-31(36)37/h3-14,28-29H,15-23H2,1-2H3,(H,34,35)(H,36,37)/b13-11-,14-12-. The minimum atomic E-state index is -1.25. The Morgan fingerprint density at radius 3 is 1.34 bits per heavy atom. The molecule has 2 atom stereocenters. The number of esters is 2. The van der Waals surface area contributed by atoms with Gasteiger partial charge in [0.05, 0.1) is 26.4 Å². The average molecular weight is 693 g/mol. The van der Waals surface area contributed by atoms with Gasteiger partial charge in [-0.1, -0.05) is 24.3 Å². The van der Waals surface area contributed by atoms with E-state index in [0.717, 1.165) is 34.8 Å². The molecule has 0 amide bonds. The lowest BCUT2D eigenvalue weighted by Crippen LogP contribution is -2.29. The molecule has 14 heteroatoms. The molecular weight excluding hydrogens is 652 g/mol. The lowest BCUT2D eigenvalue weighted by molar-refractivity contribution is -0.148. The predicted octanol–water partition coefficient (Wildman–Crippen LogP) is 3.90. The molecule has 2 rings (SSSR count). The molecule has 0 fully saturated rings. The quantitative estimate of drug-likeness (QED) is 0.0925. The fraction of sp³-hybridized carbons (Fsp3) is 0.394. The molecule has 12 nitrogen and oxygen atoms in total. The Morgan fingerprint density at radius 2 is 1.00 bits per heavy atom. The van der Waals surface area contributed by atoms with E-state index in [-0.39, 0.29) is 26.4 Å². The van der Waals surface area contributed by atoms with E-state index in [1.165, 1.54) is 0 Å². The molecule has 256 valence electrons. The third-order valence-electron chi connectivity index (χ3n) is 5.89. The van der Waals surface area contributed by atoms with Gasteiger partial charge in [0, 0.05) is 35.8 Å². The molecule has 0 aromatic heterocycles. The normalized spacial score (nSPS) is 12.5. The van der Waals surface area contributed by atoms with Crippen LogP contribution >= 0.6 is 23.5 Å². The van der Waals surface area contributed by atoms with Crippen LogP contribution in [0.4, 0.5) is 0 Å². The molecule has 0 bridgehead atoms. The number of hydrogen-bond donors (Lipinski definition) is 2. The summed E-state index contributed by atoms with van der Waals surface area (Å²) in [7, 11) is 0. The van der Waals surface area contributed by atoms with Crippen LogP contribution in [0.2, 0.25) is 0 Å². The summed E-state index contributed by atoms with van der Waals surface area (Å²) in [5.74, 6) is -1.42. The Balaban J connectivity index is 1.90. The summed E-state index contributed by atoms with van der Waals surface area (Å²) < 4.78 is 33.3.